The molecule has 8 nitrogen and oxygen atoms in total. The molecule has 2 aromatic carbocycles. The maximum absolute atomic E-state index is 13.6. The van der Waals surface area contributed by atoms with Crippen molar-refractivity contribution in [3.8, 4) is 11.3 Å². The van der Waals surface area contributed by atoms with Crippen LogP contribution in [0.2, 0.25) is 0 Å². The summed E-state index contributed by atoms with van der Waals surface area (Å²) in [5.74, 6) is -0.568. The third kappa shape index (κ3) is 5.37. The minimum atomic E-state index is -0.815. The molecular formula is C33H37N3O5. The Morgan fingerprint density at radius 2 is 1.61 bits per heavy atom. The van der Waals surface area contributed by atoms with Crippen molar-refractivity contribution in [3.05, 3.63) is 89.7 Å². The standard InChI is InChI=1S/C33H37N3O5/c1-21-26(23-13-9-7-10-14-23)35-18-17-25-28(31(35)34-21)36(22(2)37)27(24-15-11-8-12-16-24)30(29(25)40-20-19-39-6)41-32(38)33(3,4)5/h7-18,27,29-30H,19-20H2,1-6H3/t27-,29-,30-/m1/s1. The van der Waals surface area contributed by atoms with Crippen LogP contribution in [-0.2, 0) is 23.8 Å². The molecule has 8 heteroatoms. The van der Waals surface area contributed by atoms with Crippen LogP contribution in [0.3, 0.4) is 0 Å². The molecule has 1 aliphatic rings. The Balaban J connectivity index is 1.79. The van der Waals surface area contributed by atoms with Crippen LogP contribution in [0, 0.1) is 12.3 Å². The number of ether oxygens (including phenoxy) is 3. The Labute approximate surface area is 240 Å². The minimum Gasteiger partial charge on any atom is -0.456 e. The van der Waals surface area contributed by atoms with Gasteiger partial charge in [0, 0.05) is 31.4 Å². The molecule has 4 aromatic rings. The number of carbonyl (C=O) groups excluding carboxylic acids is 2. The molecule has 0 unspecified atom stereocenters. The predicted octanol–water partition coefficient (Wildman–Crippen LogP) is 6.08. The van der Waals surface area contributed by atoms with E-state index in [9.17, 15) is 9.59 Å². The van der Waals surface area contributed by atoms with Gasteiger partial charge in [-0.05, 0) is 39.3 Å². The van der Waals surface area contributed by atoms with Crippen LogP contribution >= 0.6 is 0 Å². The fourth-order valence-corrected chi connectivity index (χ4v) is 5.48. The molecule has 0 N–H and O–H groups in total. The van der Waals surface area contributed by atoms with Crippen molar-refractivity contribution < 1.29 is 23.8 Å². The highest BCUT2D eigenvalue weighted by molar-refractivity contribution is 5.99. The number of methoxy groups -OCH3 is 1. The van der Waals surface area contributed by atoms with Gasteiger partial charge in [-0.15, -0.1) is 0 Å². The molecular weight excluding hydrogens is 518 g/mol. The minimum absolute atomic E-state index is 0.192. The quantitative estimate of drug-likeness (QED) is 0.203. The van der Waals surface area contributed by atoms with Gasteiger partial charge in [0.2, 0.25) is 5.91 Å². The van der Waals surface area contributed by atoms with Gasteiger partial charge in [0.1, 0.15) is 12.1 Å². The predicted molar refractivity (Wildman–Crippen MR) is 158 cm³/mol. The van der Waals surface area contributed by atoms with E-state index in [2.05, 4.69) is 0 Å². The number of carbonyl (C=O) groups is 2. The highest BCUT2D eigenvalue weighted by Gasteiger charge is 2.49. The fraction of sp³-hybridized carbons (Fsp3) is 0.364. The summed E-state index contributed by atoms with van der Waals surface area (Å²) in [6.07, 6.45) is 0.464. The lowest BCUT2D eigenvalue weighted by Crippen LogP contribution is -2.50. The fourth-order valence-electron chi connectivity index (χ4n) is 5.48. The van der Waals surface area contributed by atoms with Crippen molar-refractivity contribution in [1.82, 2.24) is 9.38 Å². The molecule has 3 heterocycles. The Morgan fingerprint density at radius 3 is 2.22 bits per heavy atom. The zero-order valence-corrected chi connectivity index (χ0v) is 24.5. The van der Waals surface area contributed by atoms with E-state index in [1.807, 2.05) is 105 Å². The number of esters is 1. The van der Waals surface area contributed by atoms with E-state index in [-0.39, 0.29) is 18.5 Å². The second-order valence-corrected chi connectivity index (χ2v) is 11.4. The lowest BCUT2D eigenvalue weighted by molar-refractivity contribution is -0.172. The molecule has 3 atom stereocenters. The molecule has 0 saturated heterocycles. The number of rotatable bonds is 7. The highest BCUT2D eigenvalue weighted by atomic mass is 16.6. The number of hydrogen-bond acceptors (Lipinski definition) is 6. The van der Waals surface area contributed by atoms with Crippen molar-refractivity contribution in [2.24, 2.45) is 5.41 Å². The summed E-state index contributed by atoms with van der Waals surface area (Å²) in [5.41, 5.74) is 4.88. The molecule has 214 valence electrons. The summed E-state index contributed by atoms with van der Waals surface area (Å²) >= 11 is 0. The Bertz CT molecular complexity index is 1540. The van der Waals surface area contributed by atoms with Crippen molar-refractivity contribution in [3.63, 3.8) is 0 Å². The molecule has 0 aliphatic carbocycles. The Hall–Kier alpha value is -4.01. The van der Waals surface area contributed by atoms with Crippen LogP contribution in [0.15, 0.2) is 72.9 Å². The third-order valence-electron chi connectivity index (χ3n) is 7.38. The van der Waals surface area contributed by atoms with E-state index in [0.717, 1.165) is 28.1 Å². The summed E-state index contributed by atoms with van der Waals surface area (Å²) in [4.78, 5) is 33.7. The molecule has 1 amide bonds. The van der Waals surface area contributed by atoms with Gasteiger partial charge in [-0.25, -0.2) is 4.98 Å². The lowest BCUT2D eigenvalue weighted by atomic mass is 9.86. The number of hydrogen-bond donors (Lipinski definition) is 0. The molecule has 2 aromatic heterocycles. The number of nitrogens with zero attached hydrogens (tertiary/aromatic N) is 3. The van der Waals surface area contributed by atoms with Crippen molar-refractivity contribution in [2.45, 2.75) is 52.9 Å². The number of benzene rings is 2. The van der Waals surface area contributed by atoms with E-state index in [0.29, 0.717) is 17.9 Å². The molecule has 41 heavy (non-hydrogen) atoms. The summed E-state index contributed by atoms with van der Waals surface area (Å²) < 4.78 is 20.0. The molecule has 0 spiro atoms. The summed E-state index contributed by atoms with van der Waals surface area (Å²) in [7, 11) is 1.61. The largest absolute Gasteiger partial charge is 0.456 e. The average molecular weight is 556 g/mol. The first-order valence-corrected chi connectivity index (χ1v) is 13.9. The SMILES string of the molecule is COCCO[C@@H]1c2ccn3c(-c4ccccc4)c(C)nc3c2N(C(C)=O)[C@H](c2ccccc2)[C@H]1OC(=O)C(C)(C)C. The van der Waals surface area contributed by atoms with Crippen LogP contribution < -0.4 is 4.90 Å². The lowest BCUT2D eigenvalue weighted by Gasteiger charge is -2.45. The number of fused-ring (bicyclic) bond motifs is 3. The normalized spacial score (nSPS) is 18.8. The van der Waals surface area contributed by atoms with Crippen molar-refractivity contribution >= 4 is 23.2 Å². The number of amides is 1. The summed E-state index contributed by atoms with van der Waals surface area (Å²) in [6, 6.07) is 21.0. The van der Waals surface area contributed by atoms with Gasteiger partial charge in [0.25, 0.3) is 0 Å². The van der Waals surface area contributed by atoms with Gasteiger partial charge in [-0.2, -0.15) is 0 Å². The second kappa shape index (κ2) is 11.5. The summed E-state index contributed by atoms with van der Waals surface area (Å²) in [6.45, 7) is 9.59. The zero-order chi connectivity index (χ0) is 29.3. The first-order chi connectivity index (χ1) is 19.6. The smallest absolute Gasteiger partial charge is 0.311 e. The maximum Gasteiger partial charge on any atom is 0.311 e. The van der Waals surface area contributed by atoms with Gasteiger partial charge >= 0.3 is 5.97 Å². The molecule has 0 bridgehead atoms. The van der Waals surface area contributed by atoms with Gasteiger partial charge in [-0.1, -0.05) is 60.7 Å². The van der Waals surface area contributed by atoms with Crippen LogP contribution in [0.25, 0.3) is 16.9 Å². The van der Waals surface area contributed by atoms with E-state index in [4.69, 9.17) is 19.2 Å². The van der Waals surface area contributed by atoms with E-state index in [1.54, 1.807) is 12.0 Å². The average Bonchev–Trinajstić information content (AvgIpc) is 3.29. The number of pyridine rings is 1. The Kier molecular flexibility index (Phi) is 7.98. The van der Waals surface area contributed by atoms with Gasteiger partial charge in [0.15, 0.2) is 11.8 Å². The highest BCUT2D eigenvalue weighted by Crippen LogP contribution is 2.49. The maximum atomic E-state index is 13.6. The topological polar surface area (TPSA) is 82.4 Å². The van der Waals surface area contributed by atoms with Gasteiger partial charge in [-0.3, -0.25) is 18.9 Å². The Morgan fingerprint density at radius 1 is 0.951 bits per heavy atom. The number of anilines is 1. The van der Waals surface area contributed by atoms with Crippen LogP contribution in [0.1, 0.15) is 56.7 Å². The second-order valence-electron chi connectivity index (χ2n) is 11.4. The number of aromatic nitrogens is 2. The number of aryl methyl sites for hydroxylation is 1. The van der Waals surface area contributed by atoms with E-state index >= 15 is 0 Å². The number of imidazole rings is 1. The first kappa shape index (κ1) is 28.5. The third-order valence-corrected chi connectivity index (χ3v) is 7.38. The monoisotopic (exact) mass is 555 g/mol. The molecule has 0 fully saturated rings. The molecule has 5 rings (SSSR count). The van der Waals surface area contributed by atoms with Crippen molar-refractivity contribution in [2.75, 3.05) is 25.2 Å². The zero-order valence-electron chi connectivity index (χ0n) is 24.5. The van der Waals surface area contributed by atoms with Gasteiger partial charge < -0.3 is 14.2 Å². The van der Waals surface area contributed by atoms with E-state index in [1.165, 1.54) is 6.92 Å². The molecule has 0 saturated carbocycles. The van der Waals surface area contributed by atoms with Crippen molar-refractivity contribution in [1.29, 1.82) is 0 Å². The van der Waals surface area contributed by atoms with Crippen LogP contribution in [0.5, 0.6) is 0 Å². The molecule has 0 radical (unpaired) electrons. The van der Waals surface area contributed by atoms with Crippen LogP contribution in [0.4, 0.5) is 5.69 Å². The van der Waals surface area contributed by atoms with E-state index < -0.39 is 23.7 Å². The van der Waals surface area contributed by atoms with Gasteiger partial charge in [0.05, 0.1) is 35.7 Å². The summed E-state index contributed by atoms with van der Waals surface area (Å²) in [5, 5.41) is 0. The van der Waals surface area contributed by atoms with Crippen LogP contribution in [-0.4, -0.2) is 47.7 Å². The first-order valence-electron chi connectivity index (χ1n) is 13.9. The molecule has 1 aliphatic heterocycles.